The Morgan fingerprint density at radius 1 is 1.24 bits per heavy atom. The number of aliphatic hydroxyl groups excluding tert-OH is 2. The van der Waals surface area contributed by atoms with Crippen LogP contribution < -0.4 is 5.32 Å². The fourth-order valence-electron chi connectivity index (χ4n) is 1.53. The van der Waals surface area contributed by atoms with E-state index >= 15 is 0 Å². The van der Waals surface area contributed by atoms with E-state index in [1.54, 1.807) is 0 Å². The van der Waals surface area contributed by atoms with Gasteiger partial charge in [-0.3, -0.25) is 4.79 Å². The van der Waals surface area contributed by atoms with Crippen molar-refractivity contribution in [2.24, 2.45) is 0 Å². The molecular formula is C13H19NO3. The molecule has 1 aromatic carbocycles. The van der Waals surface area contributed by atoms with Crippen LogP contribution in [0.4, 0.5) is 0 Å². The van der Waals surface area contributed by atoms with Gasteiger partial charge in [0.05, 0.1) is 25.7 Å². The normalized spacial score (nSPS) is 10.6. The van der Waals surface area contributed by atoms with Gasteiger partial charge >= 0.3 is 0 Å². The summed E-state index contributed by atoms with van der Waals surface area (Å²) in [6.07, 6.45) is 0.262. The Bertz CT molecular complexity index is 386. The molecule has 17 heavy (non-hydrogen) atoms. The largest absolute Gasteiger partial charge is 0.394 e. The smallest absolute Gasteiger partial charge is 0.224 e. The summed E-state index contributed by atoms with van der Waals surface area (Å²) < 4.78 is 0. The van der Waals surface area contributed by atoms with Crippen LogP contribution in [-0.2, 0) is 11.2 Å². The molecule has 0 aliphatic heterocycles. The monoisotopic (exact) mass is 237 g/mol. The van der Waals surface area contributed by atoms with E-state index in [1.807, 2.05) is 32.0 Å². The van der Waals surface area contributed by atoms with Crippen molar-refractivity contribution in [3.05, 3.63) is 34.9 Å². The molecule has 4 heteroatoms. The van der Waals surface area contributed by atoms with Crippen molar-refractivity contribution in [2.45, 2.75) is 26.3 Å². The summed E-state index contributed by atoms with van der Waals surface area (Å²) in [5.41, 5.74) is 3.27. The Kier molecular flexibility index (Phi) is 5.12. The van der Waals surface area contributed by atoms with E-state index in [1.165, 1.54) is 5.56 Å². The zero-order valence-electron chi connectivity index (χ0n) is 10.2. The quantitative estimate of drug-likeness (QED) is 0.690. The maximum absolute atomic E-state index is 11.6. The third kappa shape index (κ3) is 4.17. The molecule has 94 valence electrons. The molecule has 0 unspecified atom stereocenters. The molecule has 0 atom stereocenters. The zero-order chi connectivity index (χ0) is 12.8. The highest BCUT2D eigenvalue weighted by molar-refractivity contribution is 5.78. The second-order valence-electron chi connectivity index (χ2n) is 4.22. The Morgan fingerprint density at radius 3 is 2.41 bits per heavy atom. The Balaban J connectivity index is 2.58. The number of nitrogens with one attached hydrogen (secondary N) is 1. The molecule has 0 saturated carbocycles. The second kappa shape index (κ2) is 6.37. The predicted octanol–water partition coefficient (Wildman–Crippen LogP) is 0.315. The lowest BCUT2D eigenvalue weighted by molar-refractivity contribution is -0.121. The molecule has 3 N–H and O–H groups in total. The van der Waals surface area contributed by atoms with E-state index in [0.29, 0.717) is 0 Å². The summed E-state index contributed by atoms with van der Waals surface area (Å²) in [4.78, 5) is 11.6. The number of aliphatic hydroxyl groups is 2. The van der Waals surface area contributed by atoms with Gasteiger partial charge in [0.15, 0.2) is 0 Å². The van der Waals surface area contributed by atoms with E-state index in [0.717, 1.165) is 11.1 Å². The SMILES string of the molecule is Cc1ccc(CC(=O)NC(CO)CO)cc1C. The van der Waals surface area contributed by atoms with Crippen molar-refractivity contribution in [1.29, 1.82) is 0 Å². The molecule has 0 aliphatic carbocycles. The fourth-order valence-corrected chi connectivity index (χ4v) is 1.53. The minimum Gasteiger partial charge on any atom is -0.394 e. The molecule has 0 saturated heterocycles. The Hall–Kier alpha value is -1.39. The van der Waals surface area contributed by atoms with Crippen LogP contribution in [0.15, 0.2) is 18.2 Å². The van der Waals surface area contributed by atoms with Gasteiger partial charge in [-0.05, 0) is 30.5 Å². The molecule has 0 bridgehead atoms. The summed E-state index contributed by atoms with van der Waals surface area (Å²) in [5.74, 6) is -0.193. The molecule has 1 amide bonds. The van der Waals surface area contributed by atoms with Gasteiger partial charge in [-0.1, -0.05) is 18.2 Å². The molecule has 0 radical (unpaired) electrons. The van der Waals surface area contributed by atoms with E-state index in [2.05, 4.69) is 5.32 Å². The van der Waals surface area contributed by atoms with Gasteiger partial charge < -0.3 is 15.5 Å². The number of hydrogen-bond donors (Lipinski definition) is 3. The van der Waals surface area contributed by atoms with Crippen LogP contribution >= 0.6 is 0 Å². The summed E-state index contributed by atoms with van der Waals surface area (Å²) in [7, 11) is 0. The summed E-state index contributed by atoms with van der Waals surface area (Å²) in [5, 5.41) is 20.3. The molecule has 1 aromatic rings. The predicted molar refractivity (Wildman–Crippen MR) is 65.7 cm³/mol. The van der Waals surface area contributed by atoms with Gasteiger partial charge in [0, 0.05) is 0 Å². The molecule has 4 nitrogen and oxygen atoms in total. The minimum absolute atomic E-state index is 0.193. The van der Waals surface area contributed by atoms with Crippen LogP contribution in [0.2, 0.25) is 0 Å². The lowest BCUT2D eigenvalue weighted by Gasteiger charge is -2.13. The lowest BCUT2D eigenvalue weighted by Crippen LogP contribution is -2.40. The van der Waals surface area contributed by atoms with Crippen molar-refractivity contribution in [2.75, 3.05) is 13.2 Å². The standard InChI is InChI=1S/C13H19NO3/c1-9-3-4-11(5-10(9)2)6-13(17)14-12(7-15)8-16/h3-5,12,15-16H,6-8H2,1-2H3,(H,14,17). The third-order valence-corrected chi connectivity index (χ3v) is 2.74. The van der Waals surface area contributed by atoms with Gasteiger partial charge in [0.1, 0.15) is 0 Å². The van der Waals surface area contributed by atoms with Crippen LogP contribution in [0.1, 0.15) is 16.7 Å². The highest BCUT2D eigenvalue weighted by atomic mass is 16.3. The number of carbonyl (C=O) groups excluding carboxylic acids is 1. The van der Waals surface area contributed by atoms with Crippen LogP contribution in [0.25, 0.3) is 0 Å². The lowest BCUT2D eigenvalue weighted by atomic mass is 10.0. The first-order chi connectivity index (χ1) is 8.06. The summed E-state index contributed by atoms with van der Waals surface area (Å²) in [6, 6.07) is 5.29. The van der Waals surface area contributed by atoms with Gasteiger partial charge in [0.25, 0.3) is 0 Å². The molecule has 0 fully saturated rings. The van der Waals surface area contributed by atoms with Crippen LogP contribution in [0, 0.1) is 13.8 Å². The minimum atomic E-state index is -0.575. The van der Waals surface area contributed by atoms with Crippen molar-refractivity contribution in [3.8, 4) is 0 Å². The highest BCUT2D eigenvalue weighted by Crippen LogP contribution is 2.10. The van der Waals surface area contributed by atoms with Crippen molar-refractivity contribution < 1.29 is 15.0 Å². The topological polar surface area (TPSA) is 69.6 Å². The van der Waals surface area contributed by atoms with Crippen molar-refractivity contribution >= 4 is 5.91 Å². The first-order valence-electron chi connectivity index (χ1n) is 5.64. The highest BCUT2D eigenvalue weighted by Gasteiger charge is 2.10. The molecule has 0 aliphatic rings. The van der Waals surface area contributed by atoms with Crippen LogP contribution in [0.3, 0.4) is 0 Å². The number of rotatable bonds is 5. The number of hydrogen-bond acceptors (Lipinski definition) is 3. The van der Waals surface area contributed by atoms with Crippen LogP contribution in [0.5, 0.6) is 0 Å². The first-order valence-corrected chi connectivity index (χ1v) is 5.64. The molecule has 1 rings (SSSR count). The maximum atomic E-state index is 11.6. The van der Waals surface area contributed by atoms with Gasteiger partial charge in [-0.25, -0.2) is 0 Å². The zero-order valence-corrected chi connectivity index (χ0v) is 10.2. The molecule has 0 aromatic heterocycles. The second-order valence-corrected chi connectivity index (χ2v) is 4.22. The van der Waals surface area contributed by atoms with Gasteiger partial charge in [0.2, 0.25) is 5.91 Å². The number of benzene rings is 1. The van der Waals surface area contributed by atoms with Crippen molar-refractivity contribution in [1.82, 2.24) is 5.32 Å². The van der Waals surface area contributed by atoms with E-state index in [4.69, 9.17) is 10.2 Å². The first kappa shape index (κ1) is 13.7. The van der Waals surface area contributed by atoms with Gasteiger partial charge in [-0.15, -0.1) is 0 Å². The fraction of sp³-hybridized carbons (Fsp3) is 0.462. The van der Waals surface area contributed by atoms with Crippen molar-refractivity contribution in [3.63, 3.8) is 0 Å². The van der Waals surface area contributed by atoms with Gasteiger partial charge in [-0.2, -0.15) is 0 Å². The number of aryl methyl sites for hydroxylation is 2. The summed E-state index contributed by atoms with van der Waals surface area (Å²) >= 11 is 0. The number of carbonyl (C=O) groups is 1. The number of amides is 1. The van der Waals surface area contributed by atoms with E-state index in [-0.39, 0.29) is 25.5 Å². The Labute approximate surface area is 101 Å². The summed E-state index contributed by atoms with van der Waals surface area (Å²) in [6.45, 7) is 3.51. The molecular weight excluding hydrogens is 218 g/mol. The molecule has 0 heterocycles. The average molecular weight is 237 g/mol. The third-order valence-electron chi connectivity index (χ3n) is 2.74. The van der Waals surface area contributed by atoms with E-state index < -0.39 is 6.04 Å². The average Bonchev–Trinajstić information content (AvgIpc) is 2.31. The maximum Gasteiger partial charge on any atom is 0.224 e. The van der Waals surface area contributed by atoms with Crippen LogP contribution in [-0.4, -0.2) is 35.4 Å². The van der Waals surface area contributed by atoms with E-state index in [9.17, 15) is 4.79 Å². The molecule has 0 spiro atoms. The Morgan fingerprint density at radius 2 is 1.88 bits per heavy atom.